The van der Waals surface area contributed by atoms with Crippen LogP contribution in [0.15, 0.2) is 59.1 Å². The maximum absolute atomic E-state index is 15.1. The molecular weight excluding hydrogens is 784 g/mol. The molecule has 1 aromatic heterocycles. The number of carbonyl (C=O) groups is 3. The number of aryl methyl sites for hydroxylation is 2. The molecule has 1 saturated carbocycles. The molecule has 7 atom stereocenters. The number of carbonyl (C=O) groups excluding carboxylic acids is 3. The van der Waals surface area contributed by atoms with E-state index in [1.54, 1.807) is 65.5 Å². The number of ether oxygens (including phenoxy) is 3. The highest BCUT2D eigenvalue weighted by Gasteiger charge is 2.45. The SMILES string of the molecule is COc1nn(C)cc1C(=O)N[S@@]1(=O)=NC(=O)c2ccc3c(c2)N(C[C@@H]2CC[C@H]2[C@@H](OC)/C=C/C(O)(CC(=O)N(C)C)[C@H](C)C1)C[C@@]1(CCCc2cc(Cl)ccc21)CO3. The Morgan fingerprint density at radius 2 is 1.97 bits per heavy atom. The number of aliphatic hydroxyl groups is 1. The Kier molecular flexibility index (Phi) is 11.7. The topological polar surface area (TPSA) is 165 Å². The molecular formula is C42H53ClN6O8S. The standard InChI is InChI=1S/C42H53ClN6O8S/c1-26-23-58(54,46-39(52)32-22-48(4)44-40(32)56-6)45-38(51)28-10-14-36-34(19-28)49(24-41(25-57-36)16-7-8-27-18-30(43)11-13-33(27)41)21-29-9-12-31(29)35(55-5)15-17-42(26,53)20-37(50)47(2)3/h10-11,13-15,17-19,22,26,29,31,35,53H,7-9,12,16,20-21,23-25H2,1-6H3,(H,45,46,51,52,54)/b17-15+/t26-,29+,31-,35+,41+,42?,58+/m1/s1. The van der Waals surface area contributed by atoms with Crippen molar-refractivity contribution in [1.82, 2.24) is 19.4 Å². The lowest BCUT2D eigenvalue weighted by Crippen LogP contribution is -2.50. The lowest BCUT2D eigenvalue weighted by molar-refractivity contribution is -0.133. The predicted octanol–water partition coefficient (Wildman–Crippen LogP) is 4.96. The first-order valence-corrected chi connectivity index (χ1v) is 21.8. The molecule has 0 radical (unpaired) electrons. The summed E-state index contributed by atoms with van der Waals surface area (Å²) in [6.45, 7) is 3.29. The van der Waals surface area contributed by atoms with Crippen LogP contribution in [-0.2, 0) is 38.3 Å². The Hall–Kier alpha value is -4.44. The van der Waals surface area contributed by atoms with Crippen LogP contribution in [0, 0.1) is 17.8 Å². The molecule has 3 heterocycles. The number of nitrogens with one attached hydrogen (secondary N) is 1. The van der Waals surface area contributed by atoms with E-state index in [2.05, 4.69) is 31.2 Å². The minimum atomic E-state index is -4.01. The van der Waals surface area contributed by atoms with Crippen LogP contribution in [0.25, 0.3) is 0 Å². The molecule has 14 nitrogen and oxygen atoms in total. The summed E-state index contributed by atoms with van der Waals surface area (Å²) in [5.74, 6) is -2.60. The van der Waals surface area contributed by atoms with Gasteiger partial charge in [0.05, 0.1) is 43.3 Å². The zero-order valence-electron chi connectivity index (χ0n) is 33.9. The first kappa shape index (κ1) is 41.7. The van der Waals surface area contributed by atoms with E-state index in [-0.39, 0.29) is 46.6 Å². The van der Waals surface area contributed by atoms with Gasteiger partial charge in [0.15, 0.2) is 0 Å². The fraction of sp³-hybridized carbons (Fsp3) is 0.524. The number of methoxy groups -OCH3 is 2. The molecule has 2 aromatic carbocycles. The Morgan fingerprint density at radius 3 is 2.67 bits per heavy atom. The zero-order chi connectivity index (χ0) is 41.6. The molecule has 7 rings (SSSR count). The van der Waals surface area contributed by atoms with Crippen LogP contribution in [0.4, 0.5) is 5.69 Å². The Labute approximate surface area is 345 Å². The summed E-state index contributed by atoms with van der Waals surface area (Å²) in [5, 5.41) is 17.2. The van der Waals surface area contributed by atoms with E-state index in [1.165, 1.54) is 34.0 Å². The Bertz CT molecular complexity index is 2250. The quantitative estimate of drug-likeness (QED) is 0.324. The fourth-order valence-electron chi connectivity index (χ4n) is 8.99. The van der Waals surface area contributed by atoms with Crippen LogP contribution in [0.3, 0.4) is 0 Å². The highest BCUT2D eigenvalue weighted by Crippen LogP contribution is 2.47. The number of anilines is 1. The summed E-state index contributed by atoms with van der Waals surface area (Å²) < 4.78 is 41.2. The number of rotatable bonds is 6. The van der Waals surface area contributed by atoms with Gasteiger partial charge in [-0.3, -0.25) is 23.8 Å². The smallest absolute Gasteiger partial charge is 0.286 e. The fourth-order valence-corrected chi connectivity index (χ4v) is 11.1. The molecule has 2 aliphatic heterocycles. The second-order valence-electron chi connectivity index (χ2n) is 16.6. The minimum Gasteiger partial charge on any atom is -0.490 e. The molecule has 1 unspecified atom stereocenters. The van der Waals surface area contributed by atoms with Crippen LogP contribution in [0.2, 0.25) is 5.02 Å². The average Bonchev–Trinajstić information content (AvgIpc) is 3.49. The number of nitrogens with zero attached hydrogens (tertiary/aromatic N) is 5. The molecule has 2 N–H and O–H groups in total. The second-order valence-corrected chi connectivity index (χ2v) is 19.0. The lowest BCUT2D eigenvalue weighted by Gasteiger charge is -2.46. The first-order valence-electron chi connectivity index (χ1n) is 19.7. The van der Waals surface area contributed by atoms with Crippen molar-refractivity contribution >= 4 is 44.9 Å². The van der Waals surface area contributed by atoms with Gasteiger partial charge in [0.2, 0.25) is 11.8 Å². The summed E-state index contributed by atoms with van der Waals surface area (Å²) in [4.78, 5) is 45.0. The molecule has 3 amide bonds. The summed E-state index contributed by atoms with van der Waals surface area (Å²) in [5.41, 5.74) is 1.04. The number of fused-ring (bicyclic) bond motifs is 4. The number of hydrogen-bond donors (Lipinski definition) is 2. The van der Waals surface area contributed by atoms with E-state index in [9.17, 15) is 19.5 Å². The molecule has 1 spiro atoms. The third-order valence-electron chi connectivity index (χ3n) is 12.5. The van der Waals surface area contributed by atoms with Crippen LogP contribution >= 0.6 is 11.6 Å². The predicted molar refractivity (Wildman–Crippen MR) is 221 cm³/mol. The van der Waals surface area contributed by atoms with Crippen molar-refractivity contribution in [3.05, 3.63) is 82.0 Å². The Morgan fingerprint density at radius 1 is 1.17 bits per heavy atom. The second kappa shape index (κ2) is 16.3. The van der Waals surface area contributed by atoms with E-state index in [4.69, 9.17) is 25.8 Å². The van der Waals surface area contributed by atoms with Crippen LogP contribution in [-0.4, -0.2) is 107 Å². The third kappa shape index (κ3) is 8.23. The van der Waals surface area contributed by atoms with Gasteiger partial charge >= 0.3 is 0 Å². The normalized spacial score (nSPS) is 30.1. The van der Waals surface area contributed by atoms with Gasteiger partial charge in [-0.05, 0) is 85.4 Å². The number of aromatic nitrogens is 2. The van der Waals surface area contributed by atoms with Crippen LogP contribution < -0.4 is 19.1 Å². The van der Waals surface area contributed by atoms with Gasteiger partial charge < -0.3 is 29.1 Å². The molecule has 3 aromatic rings. The number of benzene rings is 2. The van der Waals surface area contributed by atoms with Gasteiger partial charge in [-0.1, -0.05) is 36.7 Å². The van der Waals surface area contributed by atoms with Crippen LogP contribution in [0.1, 0.15) is 70.9 Å². The van der Waals surface area contributed by atoms with E-state index in [1.807, 2.05) is 6.07 Å². The molecule has 0 saturated heterocycles. The molecule has 312 valence electrons. The molecule has 2 aliphatic carbocycles. The van der Waals surface area contributed by atoms with Crippen LogP contribution in [0.5, 0.6) is 11.6 Å². The van der Waals surface area contributed by atoms with Crippen molar-refractivity contribution in [2.24, 2.45) is 29.2 Å². The van der Waals surface area contributed by atoms with Crippen molar-refractivity contribution in [3.8, 4) is 11.6 Å². The summed E-state index contributed by atoms with van der Waals surface area (Å²) in [6.07, 6.45) is 8.61. The van der Waals surface area contributed by atoms with Gasteiger partial charge in [0, 0.05) is 69.5 Å². The van der Waals surface area contributed by atoms with Gasteiger partial charge in [-0.2, -0.15) is 0 Å². The van der Waals surface area contributed by atoms with Crippen molar-refractivity contribution in [2.45, 2.75) is 62.6 Å². The molecule has 1 fully saturated rings. The minimum absolute atomic E-state index is 0.0150. The van der Waals surface area contributed by atoms with Gasteiger partial charge in [-0.15, -0.1) is 9.46 Å². The molecule has 2 bridgehead atoms. The molecule has 16 heteroatoms. The van der Waals surface area contributed by atoms with Crippen molar-refractivity contribution in [1.29, 1.82) is 0 Å². The third-order valence-corrected chi connectivity index (χ3v) is 14.6. The van der Waals surface area contributed by atoms with Crippen molar-refractivity contribution in [3.63, 3.8) is 0 Å². The zero-order valence-corrected chi connectivity index (χ0v) is 35.5. The van der Waals surface area contributed by atoms with Crippen molar-refractivity contribution < 1.29 is 37.9 Å². The monoisotopic (exact) mass is 836 g/mol. The van der Waals surface area contributed by atoms with E-state index in [0.29, 0.717) is 30.5 Å². The van der Waals surface area contributed by atoms with E-state index < -0.39 is 45.1 Å². The molecule has 4 aliphatic rings. The summed E-state index contributed by atoms with van der Waals surface area (Å²) >= 11 is 6.48. The van der Waals surface area contributed by atoms with E-state index >= 15 is 4.21 Å². The number of hydrogen-bond acceptors (Lipinski definition) is 10. The van der Waals surface area contributed by atoms with Gasteiger partial charge in [0.1, 0.15) is 21.2 Å². The van der Waals surface area contributed by atoms with Gasteiger partial charge in [0.25, 0.3) is 11.8 Å². The lowest BCUT2D eigenvalue weighted by atomic mass is 9.68. The summed E-state index contributed by atoms with van der Waals surface area (Å²) in [7, 11) is 3.76. The maximum Gasteiger partial charge on any atom is 0.286 e. The molecule has 58 heavy (non-hydrogen) atoms. The number of amides is 3. The first-order chi connectivity index (χ1) is 27.6. The highest BCUT2D eigenvalue weighted by atomic mass is 35.5. The summed E-state index contributed by atoms with van der Waals surface area (Å²) in [6, 6.07) is 11.2. The number of halogens is 1. The van der Waals surface area contributed by atoms with E-state index in [0.717, 1.165) is 37.8 Å². The average molecular weight is 837 g/mol. The van der Waals surface area contributed by atoms with Crippen molar-refractivity contribution in [2.75, 3.05) is 58.7 Å². The Balaban J connectivity index is 1.36. The maximum atomic E-state index is 15.1. The largest absolute Gasteiger partial charge is 0.490 e. The highest BCUT2D eigenvalue weighted by molar-refractivity contribution is 7.92. The van der Waals surface area contributed by atoms with Gasteiger partial charge in [-0.25, -0.2) is 4.21 Å².